The van der Waals surface area contributed by atoms with Gasteiger partial charge in [-0.1, -0.05) is 12.1 Å². The lowest BCUT2D eigenvalue weighted by atomic mass is 10.1. The molecule has 0 spiro atoms. The molecule has 1 N–H and O–H groups in total. The van der Waals surface area contributed by atoms with Crippen LogP contribution in [0, 0.1) is 5.82 Å². The van der Waals surface area contributed by atoms with E-state index in [2.05, 4.69) is 20.1 Å². The van der Waals surface area contributed by atoms with E-state index in [1.165, 1.54) is 18.2 Å². The molecule has 0 aliphatic heterocycles. The quantitative estimate of drug-likeness (QED) is 0.647. The number of ether oxygens (including phenoxy) is 1. The molecule has 0 saturated carbocycles. The van der Waals surface area contributed by atoms with E-state index in [4.69, 9.17) is 0 Å². The lowest BCUT2D eigenvalue weighted by Crippen LogP contribution is -2.11. The van der Waals surface area contributed by atoms with Gasteiger partial charge in [0.25, 0.3) is 0 Å². The van der Waals surface area contributed by atoms with E-state index in [0.29, 0.717) is 0 Å². The van der Waals surface area contributed by atoms with Crippen molar-refractivity contribution in [3.05, 3.63) is 47.0 Å². The summed E-state index contributed by atoms with van der Waals surface area (Å²) in [4.78, 5) is 23.3. The summed E-state index contributed by atoms with van der Waals surface area (Å²) in [6, 6.07) is 5.07. The monoisotopic (exact) mass is 249 g/mol. The van der Waals surface area contributed by atoms with E-state index in [9.17, 15) is 14.0 Å². The van der Waals surface area contributed by atoms with Crippen LogP contribution in [0.15, 0.2) is 24.3 Å². The Morgan fingerprint density at radius 2 is 2.00 bits per heavy atom. The molecule has 0 amide bonds. The average molecular weight is 249 g/mol. The molecule has 1 aromatic heterocycles. The maximum Gasteiger partial charge on any atom is 0.361 e. The smallest absolute Gasteiger partial charge is 0.361 e. The summed E-state index contributed by atoms with van der Waals surface area (Å²) in [5.74, 6) is -1.95. The first kappa shape index (κ1) is 11.9. The molecule has 0 aliphatic carbocycles. The van der Waals surface area contributed by atoms with Crippen LogP contribution < -0.4 is 0 Å². The molecular formula is C11H8FN3O3. The second-order valence-electron chi connectivity index (χ2n) is 3.35. The highest BCUT2D eigenvalue weighted by atomic mass is 19.1. The third kappa shape index (κ3) is 2.10. The molecule has 0 radical (unpaired) electrons. The van der Waals surface area contributed by atoms with Crippen LogP contribution in [0.4, 0.5) is 4.39 Å². The van der Waals surface area contributed by atoms with Gasteiger partial charge in [-0.15, -0.1) is 5.10 Å². The van der Waals surface area contributed by atoms with Crippen molar-refractivity contribution < 1.29 is 18.7 Å². The largest absolute Gasteiger partial charge is 0.464 e. The van der Waals surface area contributed by atoms with Crippen LogP contribution in [0.1, 0.15) is 26.5 Å². The number of rotatable bonds is 3. The molecule has 0 unspecified atom stereocenters. The van der Waals surface area contributed by atoms with Gasteiger partial charge in [0.2, 0.25) is 11.5 Å². The minimum Gasteiger partial charge on any atom is -0.464 e. The third-order valence-corrected chi connectivity index (χ3v) is 2.23. The molecule has 2 rings (SSSR count). The second kappa shape index (κ2) is 4.74. The van der Waals surface area contributed by atoms with Crippen LogP contribution >= 0.6 is 0 Å². The molecule has 1 heterocycles. The van der Waals surface area contributed by atoms with Crippen molar-refractivity contribution in [2.45, 2.75) is 0 Å². The molecule has 0 fully saturated rings. The first-order valence-corrected chi connectivity index (χ1v) is 4.93. The van der Waals surface area contributed by atoms with Crippen LogP contribution in [-0.2, 0) is 4.74 Å². The predicted octanol–water partition coefficient (Wildman–Crippen LogP) is 0.961. The summed E-state index contributed by atoms with van der Waals surface area (Å²) < 4.78 is 17.5. The van der Waals surface area contributed by atoms with Gasteiger partial charge in [-0.3, -0.25) is 4.79 Å². The first-order valence-electron chi connectivity index (χ1n) is 4.93. The van der Waals surface area contributed by atoms with Gasteiger partial charge in [0.05, 0.1) is 7.11 Å². The van der Waals surface area contributed by atoms with E-state index < -0.39 is 17.6 Å². The predicted molar refractivity (Wildman–Crippen MR) is 57.6 cm³/mol. The molecule has 1 aromatic carbocycles. The van der Waals surface area contributed by atoms with Crippen LogP contribution in [0.2, 0.25) is 0 Å². The van der Waals surface area contributed by atoms with Crippen LogP contribution in [0.5, 0.6) is 0 Å². The topological polar surface area (TPSA) is 84.9 Å². The molecule has 2 aromatic rings. The minimum absolute atomic E-state index is 0.0778. The molecule has 0 saturated heterocycles. The van der Waals surface area contributed by atoms with Crippen LogP contribution in [0.25, 0.3) is 0 Å². The zero-order chi connectivity index (χ0) is 13.1. The zero-order valence-corrected chi connectivity index (χ0v) is 9.31. The van der Waals surface area contributed by atoms with Crippen molar-refractivity contribution >= 4 is 11.8 Å². The summed E-state index contributed by atoms with van der Waals surface area (Å²) in [6.07, 6.45) is 0. The van der Waals surface area contributed by atoms with Gasteiger partial charge in [0, 0.05) is 5.56 Å². The number of hydrogen-bond acceptors (Lipinski definition) is 5. The number of ketones is 1. The van der Waals surface area contributed by atoms with E-state index in [0.717, 1.165) is 13.2 Å². The number of aromatic amines is 1. The lowest BCUT2D eigenvalue weighted by Gasteiger charge is -1.99. The van der Waals surface area contributed by atoms with Gasteiger partial charge < -0.3 is 4.74 Å². The molecular weight excluding hydrogens is 241 g/mol. The zero-order valence-electron chi connectivity index (χ0n) is 9.31. The van der Waals surface area contributed by atoms with Crippen molar-refractivity contribution in [2.24, 2.45) is 0 Å². The van der Waals surface area contributed by atoms with Gasteiger partial charge >= 0.3 is 5.97 Å². The summed E-state index contributed by atoms with van der Waals surface area (Å²) in [6.45, 7) is 0. The maximum absolute atomic E-state index is 13.0. The minimum atomic E-state index is -0.788. The Balaban J connectivity index is 2.41. The first-order chi connectivity index (χ1) is 8.63. The van der Waals surface area contributed by atoms with Gasteiger partial charge in [0.15, 0.2) is 5.69 Å². The maximum atomic E-state index is 13.0. The van der Waals surface area contributed by atoms with Crippen molar-refractivity contribution in [1.29, 1.82) is 0 Å². The molecule has 18 heavy (non-hydrogen) atoms. The highest BCUT2D eigenvalue weighted by Gasteiger charge is 2.23. The third-order valence-electron chi connectivity index (χ3n) is 2.23. The van der Waals surface area contributed by atoms with Crippen molar-refractivity contribution in [3.63, 3.8) is 0 Å². The number of carbonyl (C=O) groups excluding carboxylic acids is 2. The highest BCUT2D eigenvalue weighted by molar-refractivity contribution is 6.12. The van der Waals surface area contributed by atoms with Gasteiger partial charge in [-0.2, -0.15) is 10.3 Å². The number of nitrogens with zero attached hydrogens (tertiary/aromatic N) is 2. The Bertz CT molecular complexity index is 609. The Kier molecular flexibility index (Phi) is 3.13. The number of methoxy groups -OCH3 is 1. The van der Waals surface area contributed by atoms with Gasteiger partial charge in [0.1, 0.15) is 5.82 Å². The Morgan fingerprint density at radius 3 is 2.67 bits per heavy atom. The van der Waals surface area contributed by atoms with Crippen LogP contribution in [-0.4, -0.2) is 34.3 Å². The summed E-state index contributed by atoms with van der Waals surface area (Å²) >= 11 is 0. The van der Waals surface area contributed by atoms with E-state index in [1.807, 2.05) is 0 Å². The van der Waals surface area contributed by atoms with Gasteiger partial charge in [-0.05, 0) is 12.1 Å². The van der Waals surface area contributed by atoms with E-state index in [-0.39, 0.29) is 17.0 Å². The summed E-state index contributed by atoms with van der Waals surface area (Å²) in [5.41, 5.74) is -0.353. The number of hydrogen-bond donors (Lipinski definition) is 1. The molecule has 7 heteroatoms. The lowest BCUT2D eigenvalue weighted by molar-refractivity contribution is 0.0590. The molecule has 0 aliphatic rings. The molecule has 92 valence electrons. The van der Waals surface area contributed by atoms with Crippen molar-refractivity contribution in [2.75, 3.05) is 7.11 Å². The van der Waals surface area contributed by atoms with Crippen molar-refractivity contribution in [3.8, 4) is 0 Å². The highest BCUT2D eigenvalue weighted by Crippen LogP contribution is 2.12. The Labute approximate surface area is 101 Å². The van der Waals surface area contributed by atoms with E-state index >= 15 is 0 Å². The fraction of sp³-hybridized carbons (Fsp3) is 0.0909. The van der Waals surface area contributed by atoms with Crippen molar-refractivity contribution in [1.82, 2.24) is 15.4 Å². The molecule has 0 atom stereocenters. The Hall–Kier alpha value is -2.57. The number of H-pyrrole nitrogens is 1. The fourth-order valence-electron chi connectivity index (χ4n) is 1.39. The number of nitrogens with one attached hydrogen (secondary N) is 1. The van der Waals surface area contributed by atoms with Crippen LogP contribution in [0.3, 0.4) is 0 Å². The number of carbonyl (C=O) groups is 2. The van der Waals surface area contributed by atoms with Gasteiger partial charge in [-0.25, -0.2) is 9.18 Å². The standard InChI is InChI=1S/C11H8FN3O3/c1-18-11(17)9-8(13-15-14-9)10(16)6-3-2-4-7(12)5-6/h2-5H,1H3,(H,13,14,15). The number of halogens is 1. The molecule has 0 bridgehead atoms. The summed E-state index contributed by atoms with van der Waals surface area (Å²) in [7, 11) is 1.16. The summed E-state index contributed by atoms with van der Waals surface area (Å²) in [5, 5.41) is 9.28. The normalized spacial score (nSPS) is 10.1. The number of benzene rings is 1. The number of esters is 1. The fourth-order valence-corrected chi connectivity index (χ4v) is 1.39. The molecule has 6 nitrogen and oxygen atoms in total. The number of aromatic nitrogens is 3. The Morgan fingerprint density at radius 1 is 1.28 bits per heavy atom. The van der Waals surface area contributed by atoms with E-state index in [1.54, 1.807) is 0 Å². The second-order valence-corrected chi connectivity index (χ2v) is 3.35. The average Bonchev–Trinajstić information content (AvgIpc) is 2.86. The SMILES string of the molecule is COC(=O)c1n[nH]nc1C(=O)c1cccc(F)c1.